The first-order valence-electron chi connectivity index (χ1n) is 12.4. The highest BCUT2D eigenvalue weighted by Gasteiger charge is 2.17. The first-order valence-corrected chi connectivity index (χ1v) is 14.3. The Balaban J connectivity index is 1.33. The van der Waals surface area contributed by atoms with Gasteiger partial charge in [-0.3, -0.25) is 0 Å². The molecule has 2 heterocycles. The van der Waals surface area contributed by atoms with Crippen molar-refractivity contribution < 1.29 is 17.9 Å². The van der Waals surface area contributed by atoms with Gasteiger partial charge in [-0.05, 0) is 34.8 Å². The Morgan fingerprint density at radius 1 is 0.925 bits per heavy atom. The Morgan fingerprint density at radius 2 is 1.68 bits per heavy atom. The number of ether oxygens (including phenoxy) is 2. The normalized spacial score (nSPS) is 11.5. The first-order chi connectivity index (χ1) is 19.3. The molecule has 0 fully saturated rings. The standard InChI is InChI=1S/C28H27BClN5O4S/c1-38-25-11-10-20(13-26(25)39-2)40(36,37)33-16-19-7-5-6-18(12-19)15-31-27-14-24(21-8-3-4-9-23(21)30)34-28-22(29)17-32-35(27)28/h3-14,17,31,33H,15-16,29H2,1-2H3. The molecule has 9 nitrogen and oxygen atoms in total. The van der Waals surface area contributed by atoms with E-state index in [1.165, 1.54) is 26.4 Å². The third-order valence-electron chi connectivity index (χ3n) is 6.39. The first kappa shape index (κ1) is 27.5. The fourth-order valence-corrected chi connectivity index (χ4v) is 5.56. The molecule has 3 aromatic carbocycles. The number of fused-ring (bicyclic) bond motifs is 1. The van der Waals surface area contributed by atoms with Gasteiger partial charge in [0.05, 0.1) is 24.8 Å². The van der Waals surface area contributed by atoms with Crippen LogP contribution >= 0.6 is 11.6 Å². The van der Waals surface area contributed by atoms with E-state index in [0.717, 1.165) is 39.3 Å². The lowest BCUT2D eigenvalue weighted by Gasteiger charge is -2.13. The Morgan fingerprint density at radius 3 is 2.42 bits per heavy atom. The second kappa shape index (κ2) is 11.6. The number of methoxy groups -OCH3 is 2. The van der Waals surface area contributed by atoms with Crippen molar-refractivity contribution in [2.24, 2.45) is 0 Å². The van der Waals surface area contributed by atoms with Crippen molar-refractivity contribution >= 4 is 46.4 Å². The number of hydrogen-bond acceptors (Lipinski definition) is 7. The van der Waals surface area contributed by atoms with E-state index in [-0.39, 0.29) is 11.4 Å². The summed E-state index contributed by atoms with van der Waals surface area (Å²) >= 11 is 6.45. The van der Waals surface area contributed by atoms with E-state index in [4.69, 9.17) is 26.1 Å². The van der Waals surface area contributed by atoms with E-state index in [9.17, 15) is 8.42 Å². The van der Waals surface area contributed by atoms with Crippen LogP contribution in [0.3, 0.4) is 0 Å². The zero-order valence-electron chi connectivity index (χ0n) is 22.2. The lowest BCUT2D eigenvalue weighted by atomic mass is 10.0. The summed E-state index contributed by atoms with van der Waals surface area (Å²) in [6.45, 7) is 0.606. The summed E-state index contributed by atoms with van der Waals surface area (Å²) in [5, 5.41) is 8.54. The van der Waals surface area contributed by atoms with Crippen molar-refractivity contribution in [2.45, 2.75) is 18.0 Å². The van der Waals surface area contributed by atoms with Crippen molar-refractivity contribution in [3.63, 3.8) is 0 Å². The summed E-state index contributed by atoms with van der Waals surface area (Å²) in [5.74, 6) is 1.55. The molecule has 204 valence electrons. The number of nitrogens with zero attached hydrogens (tertiary/aromatic N) is 3. The number of anilines is 1. The van der Waals surface area contributed by atoms with Crippen molar-refractivity contribution in [3.05, 3.63) is 95.1 Å². The van der Waals surface area contributed by atoms with E-state index in [0.29, 0.717) is 23.1 Å². The maximum absolute atomic E-state index is 12.9. The second-order valence-electron chi connectivity index (χ2n) is 9.08. The van der Waals surface area contributed by atoms with Crippen LogP contribution in [0.5, 0.6) is 11.5 Å². The molecule has 12 heteroatoms. The zero-order valence-corrected chi connectivity index (χ0v) is 23.8. The molecule has 0 radical (unpaired) electrons. The van der Waals surface area contributed by atoms with Crippen LogP contribution in [0, 0.1) is 0 Å². The van der Waals surface area contributed by atoms with Gasteiger partial charge in [0.15, 0.2) is 17.1 Å². The van der Waals surface area contributed by atoms with E-state index in [2.05, 4.69) is 15.1 Å². The minimum absolute atomic E-state index is 0.0912. The van der Waals surface area contributed by atoms with E-state index < -0.39 is 10.0 Å². The maximum atomic E-state index is 12.9. The number of halogens is 1. The molecule has 0 saturated carbocycles. The lowest BCUT2D eigenvalue weighted by Crippen LogP contribution is -2.23. The van der Waals surface area contributed by atoms with Crippen LogP contribution in [0.1, 0.15) is 11.1 Å². The molecule has 0 unspecified atom stereocenters. The molecule has 2 aromatic heterocycles. The van der Waals surface area contributed by atoms with E-state index >= 15 is 0 Å². The Hall–Kier alpha value is -4.06. The molecule has 0 aliphatic carbocycles. The van der Waals surface area contributed by atoms with Crippen LogP contribution in [0.2, 0.25) is 5.02 Å². The van der Waals surface area contributed by atoms with Gasteiger partial charge in [-0.25, -0.2) is 18.1 Å². The van der Waals surface area contributed by atoms with Gasteiger partial charge in [0.1, 0.15) is 13.7 Å². The summed E-state index contributed by atoms with van der Waals surface area (Å²) in [6, 6.07) is 21.7. The molecule has 5 aromatic rings. The summed E-state index contributed by atoms with van der Waals surface area (Å²) < 4.78 is 40.7. The van der Waals surface area contributed by atoms with Crippen LogP contribution in [-0.4, -0.2) is 45.1 Å². The zero-order chi connectivity index (χ0) is 28.3. The number of aromatic nitrogens is 3. The monoisotopic (exact) mass is 575 g/mol. The SMILES string of the molecule is Bc1cnn2c(NCc3cccc(CNS(=O)(=O)c4ccc(OC)c(OC)c4)c3)cc(-c3ccccc3Cl)nc12. The molecule has 0 spiro atoms. The van der Waals surface area contributed by atoms with Crippen molar-refractivity contribution in [3.8, 4) is 22.8 Å². The molecule has 0 aliphatic rings. The number of hydrogen-bond donors (Lipinski definition) is 2. The average molecular weight is 576 g/mol. The van der Waals surface area contributed by atoms with Gasteiger partial charge in [0.25, 0.3) is 0 Å². The molecule has 0 amide bonds. The number of benzene rings is 3. The number of rotatable bonds is 10. The highest BCUT2D eigenvalue weighted by molar-refractivity contribution is 7.89. The molecule has 2 N–H and O–H groups in total. The molecule has 40 heavy (non-hydrogen) atoms. The van der Waals surface area contributed by atoms with E-state index in [1.807, 2.05) is 62.4 Å². The van der Waals surface area contributed by atoms with Crippen LogP contribution in [-0.2, 0) is 23.1 Å². The second-order valence-corrected chi connectivity index (χ2v) is 11.3. The van der Waals surface area contributed by atoms with Crippen molar-refractivity contribution in [2.75, 3.05) is 19.5 Å². The van der Waals surface area contributed by atoms with Crippen LogP contribution in [0.4, 0.5) is 5.82 Å². The smallest absolute Gasteiger partial charge is 0.241 e. The quantitative estimate of drug-likeness (QED) is 0.246. The Bertz CT molecular complexity index is 1800. The molecule has 5 rings (SSSR count). The average Bonchev–Trinajstić information content (AvgIpc) is 3.35. The predicted octanol–water partition coefficient (Wildman–Crippen LogP) is 3.42. The Labute approximate surface area is 238 Å². The maximum Gasteiger partial charge on any atom is 0.241 e. The van der Waals surface area contributed by atoms with Gasteiger partial charge < -0.3 is 14.8 Å². The Kier molecular flexibility index (Phi) is 7.97. The molecule has 0 atom stereocenters. The fraction of sp³-hybridized carbons (Fsp3) is 0.143. The van der Waals surface area contributed by atoms with Gasteiger partial charge in [-0.2, -0.15) is 9.61 Å². The van der Waals surface area contributed by atoms with Crippen LogP contribution in [0.15, 0.2) is 83.9 Å². The fourth-order valence-electron chi connectivity index (χ4n) is 4.29. The summed E-state index contributed by atoms with van der Waals surface area (Å²) in [4.78, 5) is 4.88. The summed E-state index contributed by atoms with van der Waals surface area (Å²) in [5.41, 5.74) is 5.03. The highest BCUT2D eigenvalue weighted by atomic mass is 35.5. The van der Waals surface area contributed by atoms with Crippen molar-refractivity contribution in [1.29, 1.82) is 0 Å². The van der Waals surface area contributed by atoms with Gasteiger partial charge in [0, 0.05) is 42.0 Å². The van der Waals surface area contributed by atoms with Gasteiger partial charge in [-0.1, -0.05) is 54.1 Å². The van der Waals surface area contributed by atoms with Crippen molar-refractivity contribution in [1.82, 2.24) is 19.3 Å². The minimum atomic E-state index is -3.77. The van der Waals surface area contributed by atoms with Crippen LogP contribution < -0.4 is 25.0 Å². The molecule has 0 aliphatic heterocycles. The van der Waals surface area contributed by atoms with Gasteiger partial charge >= 0.3 is 0 Å². The summed E-state index contributed by atoms with van der Waals surface area (Å²) in [6.07, 6.45) is 1.77. The van der Waals surface area contributed by atoms with Gasteiger partial charge in [0.2, 0.25) is 10.0 Å². The third-order valence-corrected chi connectivity index (χ3v) is 8.12. The predicted molar refractivity (Wildman–Crippen MR) is 159 cm³/mol. The van der Waals surface area contributed by atoms with Crippen LogP contribution in [0.25, 0.3) is 16.9 Å². The topological polar surface area (TPSA) is 107 Å². The molecule has 0 bridgehead atoms. The molecular formula is C28H27BClN5O4S. The summed E-state index contributed by atoms with van der Waals surface area (Å²) in [7, 11) is 1.15. The van der Waals surface area contributed by atoms with Gasteiger partial charge in [-0.15, -0.1) is 0 Å². The number of sulfonamides is 1. The number of nitrogens with one attached hydrogen (secondary N) is 2. The minimum Gasteiger partial charge on any atom is -0.493 e. The third kappa shape index (κ3) is 5.76. The highest BCUT2D eigenvalue weighted by Crippen LogP contribution is 2.30. The largest absolute Gasteiger partial charge is 0.493 e. The molecular weight excluding hydrogens is 549 g/mol. The lowest BCUT2D eigenvalue weighted by molar-refractivity contribution is 0.354. The molecule has 0 saturated heterocycles. The van der Waals surface area contributed by atoms with E-state index in [1.54, 1.807) is 16.8 Å².